The Morgan fingerprint density at radius 3 is 2.42 bits per heavy atom. The Morgan fingerprint density at radius 2 is 1.82 bits per heavy atom. The van der Waals surface area contributed by atoms with Crippen molar-refractivity contribution in [2.24, 2.45) is 17.8 Å². The summed E-state index contributed by atoms with van der Waals surface area (Å²) in [5.41, 5.74) is -0.279. The number of anilines is 1. The average molecular weight is 634 g/mol. The highest BCUT2D eigenvalue weighted by Gasteiger charge is 2.80. The number of fused-ring (bicyclic) bond motifs is 1. The predicted octanol–water partition coefficient (Wildman–Crippen LogP) is 5.34. The largest absolute Gasteiger partial charge is 0.394 e. The molecule has 45 heavy (non-hydrogen) atoms. The van der Waals surface area contributed by atoms with Gasteiger partial charge in [0.25, 0.3) is 5.91 Å². The number of aliphatic hydroxyl groups excluding tert-OH is 1. The van der Waals surface area contributed by atoms with Crippen molar-refractivity contribution in [2.45, 2.75) is 63.8 Å². The molecule has 8 nitrogen and oxygen atoms in total. The van der Waals surface area contributed by atoms with Crippen LogP contribution in [0.25, 0.3) is 0 Å². The van der Waals surface area contributed by atoms with Crippen molar-refractivity contribution >= 4 is 35.0 Å². The molecule has 3 unspecified atom stereocenters. The molecule has 0 saturated carbocycles. The molecule has 0 aliphatic carbocycles. The first-order valence-electron chi connectivity index (χ1n) is 15.8. The number of para-hydroxylation sites is 1. The maximum Gasteiger partial charge on any atom is 0.253 e. The van der Waals surface area contributed by atoms with Gasteiger partial charge in [-0.3, -0.25) is 14.4 Å². The van der Waals surface area contributed by atoms with Gasteiger partial charge in [-0.15, -0.1) is 13.2 Å². The van der Waals surface area contributed by atoms with Crippen molar-refractivity contribution in [1.82, 2.24) is 9.80 Å². The molecule has 3 saturated heterocycles. The second kappa shape index (κ2) is 12.7. The van der Waals surface area contributed by atoms with Crippen LogP contribution in [-0.4, -0.2) is 76.1 Å². The minimum Gasteiger partial charge on any atom is -0.394 e. The zero-order valence-corrected chi connectivity index (χ0v) is 27.4. The second-order valence-electron chi connectivity index (χ2n) is 12.8. The molecule has 3 heterocycles. The van der Waals surface area contributed by atoms with E-state index in [-0.39, 0.29) is 24.3 Å². The zero-order chi connectivity index (χ0) is 32.7. The molecule has 1 N–H and O–H groups in total. The molecule has 0 aromatic heterocycles. The van der Waals surface area contributed by atoms with Crippen molar-refractivity contribution in [3.05, 3.63) is 90.0 Å². The summed E-state index contributed by atoms with van der Waals surface area (Å²) in [6.07, 6.45) is 4.46. The highest BCUT2D eigenvalue weighted by Crippen LogP contribution is 2.66. The summed E-state index contributed by atoms with van der Waals surface area (Å²) in [6.45, 7) is 16.1. The lowest BCUT2D eigenvalue weighted by Gasteiger charge is -2.40. The monoisotopic (exact) mass is 633 g/mol. The Morgan fingerprint density at radius 1 is 1.13 bits per heavy atom. The standard InChI is InChI=1S/C36H44ClN3O5/c1-7-18-38(19-8-2)32(42)28-29-33(43)40(27(22-41)25-15-11-10-12-16-25)31(36(29)21-24(5)35(28,6)45-36)34(44)39(20-9-3)30-23(4)14-13-17-26(30)37/h7,9-17,24,27-29,31,41H,1,3,8,18-22H2,2,4-6H3/t24?,27-,28-,29+,31?,35+,36?/m1/s1. The number of aryl methyl sites for hydroxylation is 1. The van der Waals surface area contributed by atoms with Crippen LogP contribution < -0.4 is 4.90 Å². The summed E-state index contributed by atoms with van der Waals surface area (Å²) in [5.74, 6) is -2.79. The molecule has 1 spiro atoms. The molecule has 240 valence electrons. The van der Waals surface area contributed by atoms with Gasteiger partial charge in [0, 0.05) is 19.6 Å². The smallest absolute Gasteiger partial charge is 0.253 e. The molecule has 3 aliphatic rings. The van der Waals surface area contributed by atoms with Crippen LogP contribution in [0.2, 0.25) is 5.02 Å². The van der Waals surface area contributed by atoms with Gasteiger partial charge in [-0.05, 0) is 49.8 Å². The predicted molar refractivity (Wildman–Crippen MR) is 176 cm³/mol. The number of halogens is 1. The Labute approximate surface area is 271 Å². The van der Waals surface area contributed by atoms with Crippen molar-refractivity contribution in [2.75, 3.05) is 31.1 Å². The average Bonchev–Trinajstić information content (AvgIpc) is 3.53. The number of ether oxygens (including phenoxy) is 1. The van der Waals surface area contributed by atoms with E-state index in [1.165, 1.54) is 4.90 Å². The summed E-state index contributed by atoms with van der Waals surface area (Å²) in [6, 6.07) is 12.6. The van der Waals surface area contributed by atoms with E-state index in [9.17, 15) is 14.7 Å². The SMILES string of the molecule is C=CCN(CCC)C(=O)[C@H]1[C@H]2C(=O)N([C@H](CO)c3ccccc3)C(C(=O)N(CC=C)c3c(C)cccc3Cl)C23CC(C)[C@]1(C)O3. The van der Waals surface area contributed by atoms with Crippen LogP contribution in [0.3, 0.4) is 0 Å². The number of hydrogen-bond acceptors (Lipinski definition) is 5. The van der Waals surface area contributed by atoms with E-state index in [1.54, 1.807) is 28.0 Å². The second-order valence-corrected chi connectivity index (χ2v) is 13.2. The minimum absolute atomic E-state index is 0.128. The fourth-order valence-corrected chi connectivity index (χ4v) is 8.47. The first-order valence-corrected chi connectivity index (χ1v) is 16.1. The van der Waals surface area contributed by atoms with Gasteiger partial charge in [0.2, 0.25) is 11.8 Å². The van der Waals surface area contributed by atoms with E-state index in [0.29, 0.717) is 35.8 Å². The van der Waals surface area contributed by atoms with Gasteiger partial charge in [0.05, 0.1) is 40.8 Å². The first-order chi connectivity index (χ1) is 21.5. The van der Waals surface area contributed by atoms with Gasteiger partial charge in [-0.25, -0.2) is 0 Å². The molecule has 3 aliphatic heterocycles. The van der Waals surface area contributed by atoms with E-state index in [1.807, 2.05) is 70.2 Å². The van der Waals surface area contributed by atoms with Crippen LogP contribution >= 0.6 is 11.6 Å². The maximum atomic E-state index is 15.2. The molecule has 9 heteroatoms. The molecule has 2 aromatic rings. The summed E-state index contributed by atoms with van der Waals surface area (Å²) in [5, 5.41) is 11.2. The molecule has 7 atom stereocenters. The number of nitrogens with zero attached hydrogens (tertiary/aromatic N) is 3. The van der Waals surface area contributed by atoms with Gasteiger partial charge in [-0.1, -0.05) is 80.1 Å². The lowest BCUT2D eigenvalue weighted by Crippen LogP contribution is -2.58. The molecule has 2 aromatic carbocycles. The molecule has 0 radical (unpaired) electrons. The van der Waals surface area contributed by atoms with Crippen molar-refractivity contribution in [3.8, 4) is 0 Å². The number of rotatable bonds is 12. The normalized spacial score (nSPS) is 28.9. The van der Waals surface area contributed by atoms with Crippen molar-refractivity contribution < 1.29 is 24.2 Å². The van der Waals surface area contributed by atoms with Gasteiger partial charge >= 0.3 is 0 Å². The Bertz CT molecular complexity index is 1460. The Kier molecular flexibility index (Phi) is 9.32. The Hall–Kier alpha value is -3.46. The topological polar surface area (TPSA) is 90.4 Å². The number of benzene rings is 2. The van der Waals surface area contributed by atoms with E-state index in [4.69, 9.17) is 16.3 Å². The molecular formula is C36H44ClN3O5. The number of amides is 3. The van der Waals surface area contributed by atoms with E-state index in [0.717, 1.165) is 12.0 Å². The van der Waals surface area contributed by atoms with E-state index >= 15 is 4.79 Å². The number of hydrogen-bond donors (Lipinski definition) is 1. The van der Waals surface area contributed by atoms with Crippen LogP contribution in [0.5, 0.6) is 0 Å². The summed E-state index contributed by atoms with van der Waals surface area (Å²) >= 11 is 6.72. The van der Waals surface area contributed by atoms with Crippen LogP contribution in [0, 0.1) is 24.7 Å². The summed E-state index contributed by atoms with van der Waals surface area (Å²) in [7, 11) is 0. The lowest BCUT2D eigenvalue weighted by molar-refractivity contribution is -0.153. The summed E-state index contributed by atoms with van der Waals surface area (Å²) < 4.78 is 6.99. The van der Waals surface area contributed by atoms with Crippen LogP contribution in [0.4, 0.5) is 5.69 Å². The van der Waals surface area contributed by atoms with Crippen LogP contribution in [0.1, 0.15) is 50.8 Å². The molecule has 2 bridgehead atoms. The quantitative estimate of drug-likeness (QED) is 0.319. The van der Waals surface area contributed by atoms with Crippen molar-refractivity contribution in [1.29, 1.82) is 0 Å². The van der Waals surface area contributed by atoms with Crippen LogP contribution in [-0.2, 0) is 19.1 Å². The van der Waals surface area contributed by atoms with Gasteiger partial charge < -0.3 is 24.5 Å². The fourth-order valence-electron chi connectivity index (χ4n) is 8.14. The number of likely N-dealkylation sites (tertiary alicyclic amines) is 1. The van der Waals surface area contributed by atoms with E-state index < -0.39 is 47.6 Å². The lowest BCUT2D eigenvalue weighted by atomic mass is 9.62. The third kappa shape index (κ3) is 5.11. The molecule has 3 amide bonds. The third-order valence-electron chi connectivity index (χ3n) is 10.1. The summed E-state index contributed by atoms with van der Waals surface area (Å²) in [4.78, 5) is 49.3. The number of aliphatic hydroxyl groups is 1. The van der Waals surface area contributed by atoms with Crippen molar-refractivity contribution in [3.63, 3.8) is 0 Å². The first kappa shape index (κ1) is 32.9. The van der Waals surface area contributed by atoms with E-state index in [2.05, 4.69) is 13.2 Å². The molecule has 3 fully saturated rings. The number of carbonyl (C=O) groups excluding carboxylic acids is 3. The van der Waals surface area contributed by atoms with Gasteiger partial charge in [-0.2, -0.15) is 0 Å². The zero-order valence-electron chi connectivity index (χ0n) is 26.6. The number of carbonyl (C=O) groups is 3. The highest BCUT2D eigenvalue weighted by molar-refractivity contribution is 6.34. The fraction of sp³-hybridized carbons (Fsp3) is 0.472. The maximum absolute atomic E-state index is 15.2. The van der Waals surface area contributed by atoms with Gasteiger partial charge in [0.1, 0.15) is 11.6 Å². The Balaban J connectivity index is 1.72. The molecule has 5 rings (SSSR count). The minimum atomic E-state index is -1.30. The van der Waals surface area contributed by atoms with Crippen LogP contribution in [0.15, 0.2) is 73.8 Å². The third-order valence-corrected chi connectivity index (χ3v) is 10.4. The highest BCUT2D eigenvalue weighted by atomic mass is 35.5. The molecular weight excluding hydrogens is 590 g/mol. The van der Waals surface area contributed by atoms with Gasteiger partial charge in [0.15, 0.2) is 0 Å².